The van der Waals surface area contributed by atoms with E-state index in [1.807, 2.05) is 26.8 Å². The van der Waals surface area contributed by atoms with Gasteiger partial charge < -0.3 is 9.47 Å². The van der Waals surface area contributed by atoms with Crippen LogP contribution in [0.15, 0.2) is 35.2 Å². The van der Waals surface area contributed by atoms with Gasteiger partial charge in [0, 0.05) is 12.8 Å². The Kier molecular flexibility index (Phi) is 7.29. The third-order valence-corrected chi connectivity index (χ3v) is 7.74. The van der Waals surface area contributed by atoms with Crippen LogP contribution in [0.25, 0.3) is 0 Å². The number of rotatable bonds is 8. The molecule has 3 rings (SSSR count). The highest BCUT2D eigenvalue weighted by atomic mass is 32.2. The Hall–Kier alpha value is -2.71. The highest BCUT2D eigenvalue weighted by Gasteiger charge is 2.53. The molecule has 0 heterocycles. The number of aryl methyl sites for hydroxylation is 3. The summed E-state index contributed by atoms with van der Waals surface area (Å²) in [6, 6.07) is 8.57. The topological polar surface area (TPSA) is 96.0 Å². The van der Waals surface area contributed by atoms with E-state index in [9.17, 15) is 18.0 Å². The molecule has 2 aromatic carbocycles. The van der Waals surface area contributed by atoms with Crippen molar-refractivity contribution in [1.29, 1.82) is 0 Å². The van der Waals surface area contributed by atoms with E-state index in [-0.39, 0.29) is 24.3 Å². The van der Waals surface area contributed by atoms with Crippen LogP contribution >= 0.6 is 0 Å². The summed E-state index contributed by atoms with van der Waals surface area (Å²) in [4.78, 5) is 25.3. The molecule has 0 atom stereocenters. The van der Waals surface area contributed by atoms with Gasteiger partial charge in [-0.15, -0.1) is 0 Å². The van der Waals surface area contributed by atoms with Crippen LogP contribution < -0.4 is 0 Å². The molecule has 1 aliphatic carbocycles. The average Bonchev–Trinajstić information content (AvgIpc) is 3.22. The van der Waals surface area contributed by atoms with Crippen molar-refractivity contribution in [3.63, 3.8) is 0 Å². The molecule has 0 saturated carbocycles. The Balaban J connectivity index is 1.74. The van der Waals surface area contributed by atoms with E-state index in [2.05, 4.69) is 0 Å². The number of carbonyl (C=O) groups is 2. The number of carbonyl (C=O) groups excluding carboxylic acids is 2. The minimum absolute atomic E-state index is 0.0556. The molecule has 7 nitrogen and oxygen atoms in total. The quantitative estimate of drug-likeness (QED) is 0.250. The van der Waals surface area contributed by atoms with Gasteiger partial charge in [0.1, 0.15) is 0 Å². The molecule has 0 spiro atoms. The normalized spacial score (nSPS) is 14.6. The van der Waals surface area contributed by atoms with Gasteiger partial charge in [0.05, 0.1) is 25.7 Å². The zero-order valence-electron chi connectivity index (χ0n) is 19.7. The Labute approximate surface area is 195 Å². The van der Waals surface area contributed by atoms with E-state index in [1.165, 1.54) is 26.4 Å². The van der Waals surface area contributed by atoms with Crippen molar-refractivity contribution in [1.82, 2.24) is 0 Å². The van der Waals surface area contributed by atoms with E-state index in [1.54, 1.807) is 12.1 Å². The van der Waals surface area contributed by atoms with Crippen molar-refractivity contribution in [3.8, 4) is 0 Å². The standard InChI is InChI=1S/C25H30O7S/c1-16-8-10-20(11-9-16)33(28,29)32-12-6-7-19-13-17(2)21-14-25(23(26)30-4,24(27)31-5)15-22(21)18(19)3/h8-11,13H,6-7,12,14-15H2,1-5H3. The van der Waals surface area contributed by atoms with Crippen LogP contribution in [0, 0.1) is 26.2 Å². The van der Waals surface area contributed by atoms with Gasteiger partial charge in [-0.2, -0.15) is 8.42 Å². The lowest BCUT2D eigenvalue weighted by Gasteiger charge is -2.22. The summed E-state index contributed by atoms with van der Waals surface area (Å²) >= 11 is 0. The minimum Gasteiger partial charge on any atom is -0.468 e. The summed E-state index contributed by atoms with van der Waals surface area (Å²) in [7, 11) is -1.26. The van der Waals surface area contributed by atoms with Crippen LogP contribution in [0.4, 0.5) is 0 Å². The molecular formula is C25H30O7S. The molecule has 0 fully saturated rings. The first-order chi connectivity index (χ1) is 15.6. The van der Waals surface area contributed by atoms with Gasteiger partial charge in [-0.3, -0.25) is 13.8 Å². The molecule has 0 radical (unpaired) electrons. The second kappa shape index (κ2) is 9.65. The van der Waals surface area contributed by atoms with Crippen LogP contribution in [0.3, 0.4) is 0 Å². The number of ether oxygens (including phenoxy) is 2. The van der Waals surface area contributed by atoms with Gasteiger partial charge in [-0.05, 0) is 73.6 Å². The molecule has 0 amide bonds. The second-order valence-electron chi connectivity index (χ2n) is 8.55. The first-order valence-corrected chi connectivity index (χ1v) is 12.2. The van der Waals surface area contributed by atoms with E-state index in [0.29, 0.717) is 12.8 Å². The SMILES string of the molecule is COC(=O)C1(C(=O)OC)Cc2c(C)cc(CCCOS(=O)(=O)c3ccc(C)cc3)c(C)c2C1. The average molecular weight is 475 g/mol. The second-order valence-corrected chi connectivity index (χ2v) is 10.2. The number of benzene rings is 2. The fraction of sp³-hybridized carbons (Fsp3) is 0.440. The molecule has 8 heteroatoms. The lowest BCUT2D eigenvalue weighted by molar-refractivity contribution is -0.168. The maximum Gasteiger partial charge on any atom is 0.323 e. The van der Waals surface area contributed by atoms with Crippen molar-refractivity contribution in [3.05, 3.63) is 63.7 Å². The lowest BCUT2D eigenvalue weighted by Crippen LogP contribution is -2.42. The lowest BCUT2D eigenvalue weighted by atomic mass is 9.84. The van der Waals surface area contributed by atoms with Gasteiger partial charge in [0.15, 0.2) is 5.41 Å². The van der Waals surface area contributed by atoms with Gasteiger partial charge in [-0.1, -0.05) is 23.8 Å². The van der Waals surface area contributed by atoms with Crippen LogP contribution in [0.2, 0.25) is 0 Å². The molecule has 1 aliphatic rings. The molecular weight excluding hydrogens is 444 g/mol. The van der Waals surface area contributed by atoms with Crippen molar-refractivity contribution in [2.45, 2.75) is 51.3 Å². The molecule has 0 N–H and O–H groups in total. The van der Waals surface area contributed by atoms with Crippen LogP contribution in [0.1, 0.15) is 39.8 Å². The summed E-state index contributed by atoms with van der Waals surface area (Å²) in [5.74, 6) is -1.19. The Bertz CT molecular complexity index is 1150. The number of fused-ring (bicyclic) bond motifs is 1. The predicted octanol–water partition coefficient (Wildman–Crippen LogP) is 3.38. The Morgan fingerprint density at radius 3 is 2.09 bits per heavy atom. The predicted molar refractivity (Wildman–Crippen MR) is 122 cm³/mol. The summed E-state index contributed by atoms with van der Waals surface area (Å²) in [5.41, 5.74) is 4.53. The summed E-state index contributed by atoms with van der Waals surface area (Å²) in [5, 5.41) is 0. The van der Waals surface area contributed by atoms with E-state index in [4.69, 9.17) is 13.7 Å². The number of hydrogen-bond donors (Lipinski definition) is 0. The van der Waals surface area contributed by atoms with Crippen LogP contribution in [-0.4, -0.2) is 41.2 Å². The minimum atomic E-state index is -3.80. The zero-order chi connectivity index (χ0) is 24.4. The molecule has 0 unspecified atom stereocenters. The first-order valence-electron chi connectivity index (χ1n) is 10.8. The Morgan fingerprint density at radius 1 is 0.939 bits per heavy atom. The molecule has 2 aromatic rings. The van der Waals surface area contributed by atoms with Crippen molar-refractivity contribution in [2.75, 3.05) is 20.8 Å². The van der Waals surface area contributed by atoms with Crippen molar-refractivity contribution >= 4 is 22.1 Å². The summed E-state index contributed by atoms with van der Waals surface area (Å²) < 4.78 is 39.9. The van der Waals surface area contributed by atoms with Crippen LogP contribution in [-0.2, 0) is 52.6 Å². The number of hydrogen-bond acceptors (Lipinski definition) is 7. The first kappa shape index (κ1) is 24.9. The maximum absolute atomic E-state index is 12.6. The number of esters is 2. The molecule has 0 aromatic heterocycles. The van der Waals surface area contributed by atoms with Gasteiger partial charge in [0.25, 0.3) is 10.1 Å². The monoisotopic (exact) mass is 474 g/mol. The molecule has 33 heavy (non-hydrogen) atoms. The van der Waals surface area contributed by atoms with Crippen molar-refractivity contribution in [2.24, 2.45) is 5.41 Å². The van der Waals surface area contributed by atoms with Gasteiger partial charge >= 0.3 is 11.9 Å². The molecule has 0 bridgehead atoms. The zero-order valence-corrected chi connectivity index (χ0v) is 20.5. The van der Waals surface area contributed by atoms with E-state index in [0.717, 1.165) is 33.4 Å². The molecule has 0 aliphatic heterocycles. The summed E-state index contributed by atoms with van der Waals surface area (Å²) in [6.07, 6.45) is 1.57. The largest absolute Gasteiger partial charge is 0.468 e. The highest BCUT2D eigenvalue weighted by Crippen LogP contribution is 2.43. The maximum atomic E-state index is 12.6. The number of methoxy groups -OCH3 is 2. The molecule has 0 saturated heterocycles. The van der Waals surface area contributed by atoms with E-state index >= 15 is 0 Å². The molecule has 178 valence electrons. The smallest absolute Gasteiger partial charge is 0.323 e. The fourth-order valence-electron chi connectivity index (χ4n) is 4.49. The highest BCUT2D eigenvalue weighted by molar-refractivity contribution is 7.86. The third kappa shape index (κ3) is 4.82. The Morgan fingerprint density at radius 2 is 1.52 bits per heavy atom. The summed E-state index contributed by atoms with van der Waals surface area (Å²) in [6.45, 7) is 5.85. The fourth-order valence-corrected chi connectivity index (χ4v) is 5.44. The van der Waals surface area contributed by atoms with Gasteiger partial charge in [-0.25, -0.2) is 0 Å². The van der Waals surface area contributed by atoms with Crippen LogP contribution in [0.5, 0.6) is 0 Å². The third-order valence-electron chi connectivity index (χ3n) is 6.41. The van der Waals surface area contributed by atoms with Gasteiger partial charge in [0.2, 0.25) is 0 Å². The van der Waals surface area contributed by atoms with Crippen molar-refractivity contribution < 1.29 is 31.7 Å². The van der Waals surface area contributed by atoms with E-state index < -0.39 is 27.5 Å².